The van der Waals surface area contributed by atoms with Gasteiger partial charge in [0.1, 0.15) is 5.69 Å². The van der Waals surface area contributed by atoms with E-state index in [2.05, 4.69) is 10.5 Å². The van der Waals surface area contributed by atoms with Gasteiger partial charge in [-0.25, -0.2) is 5.43 Å². The van der Waals surface area contributed by atoms with E-state index in [4.69, 9.17) is 0 Å². The number of nitrogens with zero attached hydrogens (tertiary/aromatic N) is 2. The van der Waals surface area contributed by atoms with Gasteiger partial charge in [-0.05, 0) is 55.6 Å². The van der Waals surface area contributed by atoms with Crippen LogP contribution in [0.3, 0.4) is 0 Å². The smallest absolute Gasteiger partial charge is 0.287 e. The third kappa shape index (κ3) is 1.74. The summed E-state index contributed by atoms with van der Waals surface area (Å²) in [5.74, 6) is 3.22. The Morgan fingerprint density at radius 3 is 3.05 bits per heavy atom. The van der Waals surface area contributed by atoms with E-state index in [0.717, 1.165) is 24.2 Å². The summed E-state index contributed by atoms with van der Waals surface area (Å²) in [6.45, 7) is 0. The molecule has 1 aromatic heterocycles. The maximum Gasteiger partial charge on any atom is 0.287 e. The number of carbonyl (C=O) groups excluding carboxylic acids is 1. The van der Waals surface area contributed by atoms with Crippen molar-refractivity contribution in [3.63, 3.8) is 0 Å². The average Bonchev–Trinajstić information content (AvgIpc) is 3.16. The van der Waals surface area contributed by atoms with Gasteiger partial charge in [-0.2, -0.15) is 5.10 Å². The van der Waals surface area contributed by atoms with E-state index in [1.807, 2.05) is 29.9 Å². The summed E-state index contributed by atoms with van der Waals surface area (Å²) < 4.78 is 1.82. The number of hydrogen-bond donors (Lipinski definition) is 1. The SMILES string of the molecule is Cn1cccc1C(=O)NN=C1CC2CC1C1CCCC21. The minimum atomic E-state index is -0.101. The zero-order valence-corrected chi connectivity index (χ0v) is 11.9. The summed E-state index contributed by atoms with van der Waals surface area (Å²) in [4.78, 5) is 12.1. The first kappa shape index (κ1) is 12.2. The summed E-state index contributed by atoms with van der Waals surface area (Å²) in [6.07, 6.45) is 8.49. The molecule has 0 spiro atoms. The van der Waals surface area contributed by atoms with Crippen molar-refractivity contribution in [1.82, 2.24) is 9.99 Å². The van der Waals surface area contributed by atoms with E-state index < -0.39 is 0 Å². The molecule has 4 heteroatoms. The van der Waals surface area contributed by atoms with Gasteiger partial charge in [0, 0.05) is 24.9 Å². The van der Waals surface area contributed by atoms with Crippen molar-refractivity contribution >= 4 is 11.6 Å². The van der Waals surface area contributed by atoms with Crippen LogP contribution in [-0.4, -0.2) is 16.2 Å². The standard InChI is InChI=1S/C16H21N3O/c1-19-7-3-6-15(19)16(20)18-17-14-9-10-8-13(14)12-5-2-4-11(10)12/h3,6-7,10-13H,2,4-5,8-9H2,1H3,(H,18,20). The minimum absolute atomic E-state index is 0.101. The molecule has 20 heavy (non-hydrogen) atoms. The summed E-state index contributed by atoms with van der Waals surface area (Å²) in [5.41, 5.74) is 4.67. The van der Waals surface area contributed by atoms with Crippen LogP contribution < -0.4 is 5.43 Å². The first-order chi connectivity index (χ1) is 9.74. The van der Waals surface area contributed by atoms with Gasteiger partial charge >= 0.3 is 0 Å². The number of amides is 1. The van der Waals surface area contributed by atoms with E-state index in [1.165, 1.54) is 31.4 Å². The van der Waals surface area contributed by atoms with Crippen LogP contribution in [0, 0.1) is 23.7 Å². The van der Waals surface area contributed by atoms with Gasteiger partial charge in [0.05, 0.1) is 0 Å². The lowest BCUT2D eigenvalue weighted by Gasteiger charge is -2.25. The van der Waals surface area contributed by atoms with Crippen LogP contribution in [0.1, 0.15) is 42.6 Å². The van der Waals surface area contributed by atoms with Crippen molar-refractivity contribution in [3.05, 3.63) is 24.0 Å². The van der Waals surface area contributed by atoms with Gasteiger partial charge in [0.15, 0.2) is 0 Å². The Morgan fingerprint density at radius 1 is 1.40 bits per heavy atom. The first-order valence-corrected chi connectivity index (χ1v) is 7.72. The number of hydrazone groups is 1. The minimum Gasteiger partial charge on any atom is -0.347 e. The summed E-state index contributed by atoms with van der Waals surface area (Å²) in [5, 5.41) is 4.47. The second-order valence-electron chi connectivity index (χ2n) is 6.61. The van der Waals surface area contributed by atoms with Crippen LogP contribution in [0.5, 0.6) is 0 Å². The number of hydrogen-bond acceptors (Lipinski definition) is 2. The Hall–Kier alpha value is -1.58. The van der Waals surface area contributed by atoms with Gasteiger partial charge in [-0.1, -0.05) is 6.42 Å². The Morgan fingerprint density at radius 2 is 2.25 bits per heavy atom. The topological polar surface area (TPSA) is 46.4 Å². The summed E-state index contributed by atoms with van der Waals surface area (Å²) >= 11 is 0. The molecule has 1 N–H and O–H groups in total. The highest BCUT2D eigenvalue weighted by atomic mass is 16.2. The lowest BCUT2D eigenvalue weighted by atomic mass is 9.81. The highest BCUT2D eigenvalue weighted by molar-refractivity contribution is 5.95. The molecular weight excluding hydrogens is 250 g/mol. The molecule has 4 unspecified atom stereocenters. The monoisotopic (exact) mass is 271 g/mol. The van der Waals surface area contributed by atoms with Gasteiger partial charge in [0.2, 0.25) is 0 Å². The van der Waals surface area contributed by atoms with Crippen molar-refractivity contribution < 1.29 is 4.79 Å². The number of nitrogens with one attached hydrogen (secondary N) is 1. The van der Waals surface area contributed by atoms with E-state index in [1.54, 1.807) is 0 Å². The van der Waals surface area contributed by atoms with Gasteiger partial charge < -0.3 is 4.57 Å². The van der Waals surface area contributed by atoms with E-state index in [-0.39, 0.29) is 5.91 Å². The molecule has 1 amide bonds. The predicted octanol–water partition coefficient (Wildman–Crippen LogP) is 2.57. The Labute approximate surface area is 119 Å². The number of carbonyl (C=O) groups is 1. The molecule has 106 valence electrons. The van der Waals surface area contributed by atoms with Crippen LogP contribution in [0.15, 0.2) is 23.4 Å². The van der Waals surface area contributed by atoms with Crippen molar-refractivity contribution in [2.45, 2.75) is 32.1 Å². The van der Waals surface area contributed by atoms with E-state index >= 15 is 0 Å². The van der Waals surface area contributed by atoms with Gasteiger partial charge in [-0.15, -0.1) is 0 Å². The molecule has 3 saturated carbocycles. The molecule has 4 atom stereocenters. The Bertz CT molecular complexity index is 574. The Kier molecular flexibility index (Phi) is 2.72. The predicted molar refractivity (Wildman–Crippen MR) is 77.4 cm³/mol. The molecule has 0 aliphatic heterocycles. The molecule has 0 radical (unpaired) electrons. The van der Waals surface area contributed by atoms with E-state index in [0.29, 0.717) is 11.6 Å². The molecule has 3 fully saturated rings. The number of rotatable bonds is 2. The molecule has 2 bridgehead atoms. The van der Waals surface area contributed by atoms with Crippen molar-refractivity contribution in [3.8, 4) is 0 Å². The number of aryl methyl sites for hydroxylation is 1. The normalized spacial score (nSPS) is 36.5. The molecule has 3 aliphatic rings. The van der Waals surface area contributed by atoms with E-state index in [9.17, 15) is 4.79 Å². The van der Waals surface area contributed by atoms with Crippen molar-refractivity contribution in [2.24, 2.45) is 35.8 Å². The fourth-order valence-corrected chi connectivity index (χ4v) is 4.82. The zero-order chi connectivity index (χ0) is 13.7. The third-order valence-corrected chi connectivity index (χ3v) is 5.68. The van der Waals surface area contributed by atoms with Crippen LogP contribution >= 0.6 is 0 Å². The molecule has 1 aromatic rings. The fraction of sp³-hybridized carbons (Fsp3) is 0.625. The maximum absolute atomic E-state index is 12.1. The molecule has 3 aliphatic carbocycles. The van der Waals surface area contributed by atoms with Gasteiger partial charge in [0.25, 0.3) is 5.91 Å². The highest BCUT2D eigenvalue weighted by Gasteiger charge is 2.52. The Balaban J connectivity index is 1.47. The van der Waals surface area contributed by atoms with Crippen molar-refractivity contribution in [2.75, 3.05) is 0 Å². The molecule has 4 nitrogen and oxygen atoms in total. The van der Waals surface area contributed by atoms with Crippen LogP contribution in [-0.2, 0) is 7.05 Å². The lowest BCUT2D eigenvalue weighted by molar-refractivity contribution is 0.0946. The molecule has 0 aromatic carbocycles. The highest BCUT2D eigenvalue weighted by Crippen LogP contribution is 2.57. The third-order valence-electron chi connectivity index (χ3n) is 5.68. The first-order valence-electron chi connectivity index (χ1n) is 7.72. The van der Waals surface area contributed by atoms with Crippen LogP contribution in [0.2, 0.25) is 0 Å². The quantitative estimate of drug-likeness (QED) is 0.826. The van der Waals surface area contributed by atoms with Crippen molar-refractivity contribution in [1.29, 1.82) is 0 Å². The molecule has 4 rings (SSSR count). The lowest BCUT2D eigenvalue weighted by Crippen LogP contribution is -2.28. The summed E-state index contributed by atoms with van der Waals surface area (Å²) in [7, 11) is 1.88. The largest absolute Gasteiger partial charge is 0.347 e. The average molecular weight is 271 g/mol. The molecular formula is C16H21N3O. The maximum atomic E-state index is 12.1. The molecule has 0 saturated heterocycles. The summed E-state index contributed by atoms with van der Waals surface area (Å²) in [6, 6.07) is 3.70. The fourth-order valence-electron chi connectivity index (χ4n) is 4.82. The number of aromatic nitrogens is 1. The second kappa shape index (κ2) is 4.47. The van der Waals surface area contributed by atoms with Crippen LogP contribution in [0.4, 0.5) is 0 Å². The zero-order valence-electron chi connectivity index (χ0n) is 11.9. The molecule has 1 heterocycles. The van der Waals surface area contributed by atoms with Crippen LogP contribution in [0.25, 0.3) is 0 Å². The second-order valence-corrected chi connectivity index (χ2v) is 6.61. The van der Waals surface area contributed by atoms with Gasteiger partial charge in [-0.3, -0.25) is 4.79 Å². The number of fused-ring (bicyclic) bond motifs is 5.